The molecule has 0 aromatic heterocycles. The molecule has 0 spiro atoms. The lowest BCUT2D eigenvalue weighted by atomic mass is 9.86. The maximum atomic E-state index is 5.66. The van der Waals surface area contributed by atoms with Crippen LogP contribution in [0.4, 0.5) is 0 Å². The Morgan fingerprint density at radius 3 is 2.44 bits per heavy atom. The molecule has 1 aliphatic rings. The monoisotopic (exact) mass is 248 g/mol. The zero-order valence-electron chi connectivity index (χ0n) is 12.0. The van der Waals surface area contributed by atoms with Gasteiger partial charge in [0.1, 0.15) is 0 Å². The van der Waals surface area contributed by atoms with Crippen molar-refractivity contribution in [3.8, 4) is 0 Å². The third-order valence-electron chi connectivity index (χ3n) is 3.79. The first-order valence-corrected chi connectivity index (χ1v) is 6.95. The van der Waals surface area contributed by atoms with Gasteiger partial charge in [-0.2, -0.15) is 0 Å². The van der Waals surface area contributed by atoms with Crippen molar-refractivity contribution < 1.29 is 9.47 Å². The summed E-state index contributed by atoms with van der Waals surface area (Å²) in [6, 6.07) is 6.67. The molecule has 2 nitrogen and oxygen atoms in total. The van der Waals surface area contributed by atoms with E-state index in [9.17, 15) is 0 Å². The van der Waals surface area contributed by atoms with Crippen LogP contribution in [0.3, 0.4) is 0 Å². The van der Waals surface area contributed by atoms with Crippen LogP contribution in [0.2, 0.25) is 0 Å². The Kier molecular flexibility index (Phi) is 4.08. The third-order valence-corrected chi connectivity index (χ3v) is 3.79. The van der Waals surface area contributed by atoms with E-state index in [4.69, 9.17) is 9.47 Å². The van der Waals surface area contributed by atoms with Gasteiger partial charge in [0.25, 0.3) is 0 Å². The molecule has 100 valence electrons. The van der Waals surface area contributed by atoms with Crippen LogP contribution in [0.15, 0.2) is 18.2 Å². The lowest BCUT2D eigenvalue weighted by Gasteiger charge is -2.21. The molecule has 0 fully saturated rings. The van der Waals surface area contributed by atoms with Crippen LogP contribution < -0.4 is 0 Å². The Labute approximate surface area is 110 Å². The normalized spacial score (nSPS) is 17.2. The summed E-state index contributed by atoms with van der Waals surface area (Å²) in [7, 11) is 0. The number of benzene rings is 1. The summed E-state index contributed by atoms with van der Waals surface area (Å²) in [5.41, 5.74) is 4.41. The minimum absolute atomic E-state index is 0.214. The molecule has 0 atom stereocenters. The van der Waals surface area contributed by atoms with Crippen molar-refractivity contribution in [2.24, 2.45) is 0 Å². The standard InChI is InChI=1S/C16H24O2/c1-5-17-15(18-6-2)13-7-8-14-12(11-13)9-10-16(14,3)4/h7-8,11,15H,5-6,9-10H2,1-4H3. The molecule has 0 radical (unpaired) electrons. The van der Waals surface area contributed by atoms with E-state index in [1.165, 1.54) is 24.0 Å². The van der Waals surface area contributed by atoms with Gasteiger partial charge in [-0.1, -0.05) is 32.0 Å². The molecule has 0 unspecified atom stereocenters. The van der Waals surface area contributed by atoms with E-state index in [0.29, 0.717) is 18.6 Å². The average molecular weight is 248 g/mol. The Bertz CT molecular complexity index is 404. The SMILES string of the molecule is CCOC(OCC)c1ccc2c(c1)CCC2(C)C. The molecular formula is C16H24O2. The highest BCUT2D eigenvalue weighted by molar-refractivity contribution is 5.41. The first kappa shape index (κ1) is 13.6. The molecule has 1 aromatic rings. The van der Waals surface area contributed by atoms with Crippen LogP contribution in [0.1, 0.15) is 57.1 Å². The largest absolute Gasteiger partial charge is 0.349 e. The van der Waals surface area contributed by atoms with E-state index in [2.05, 4.69) is 32.0 Å². The fourth-order valence-corrected chi connectivity index (χ4v) is 2.75. The zero-order chi connectivity index (χ0) is 13.2. The predicted molar refractivity (Wildman–Crippen MR) is 73.8 cm³/mol. The molecule has 0 saturated heterocycles. The fraction of sp³-hybridized carbons (Fsp3) is 0.625. The molecule has 2 heteroatoms. The molecule has 0 N–H and O–H groups in total. The lowest BCUT2D eigenvalue weighted by Crippen LogP contribution is -2.13. The minimum Gasteiger partial charge on any atom is -0.349 e. The quantitative estimate of drug-likeness (QED) is 0.734. The maximum absolute atomic E-state index is 5.66. The summed E-state index contributed by atoms with van der Waals surface area (Å²) in [6.45, 7) is 9.99. The summed E-state index contributed by atoms with van der Waals surface area (Å²) in [5.74, 6) is 0. The van der Waals surface area contributed by atoms with Gasteiger partial charge in [0.15, 0.2) is 6.29 Å². The highest BCUT2D eigenvalue weighted by Crippen LogP contribution is 2.39. The van der Waals surface area contributed by atoms with E-state index in [-0.39, 0.29) is 6.29 Å². The van der Waals surface area contributed by atoms with Crippen molar-refractivity contribution in [3.05, 3.63) is 34.9 Å². The van der Waals surface area contributed by atoms with Crippen molar-refractivity contribution in [1.29, 1.82) is 0 Å². The van der Waals surface area contributed by atoms with Gasteiger partial charge in [0.05, 0.1) is 0 Å². The molecule has 18 heavy (non-hydrogen) atoms. The van der Waals surface area contributed by atoms with Crippen molar-refractivity contribution in [2.75, 3.05) is 13.2 Å². The number of hydrogen-bond donors (Lipinski definition) is 0. The summed E-state index contributed by atoms with van der Waals surface area (Å²) in [4.78, 5) is 0. The smallest absolute Gasteiger partial charge is 0.183 e. The van der Waals surface area contributed by atoms with Crippen molar-refractivity contribution in [1.82, 2.24) is 0 Å². The van der Waals surface area contributed by atoms with E-state index >= 15 is 0 Å². The zero-order valence-corrected chi connectivity index (χ0v) is 12.0. The Balaban J connectivity index is 2.26. The molecule has 0 amide bonds. The molecule has 0 bridgehead atoms. The molecule has 1 aromatic carbocycles. The lowest BCUT2D eigenvalue weighted by molar-refractivity contribution is -0.140. The number of aryl methyl sites for hydroxylation is 1. The summed E-state index contributed by atoms with van der Waals surface area (Å²) < 4.78 is 11.3. The first-order valence-electron chi connectivity index (χ1n) is 6.95. The number of fused-ring (bicyclic) bond motifs is 1. The van der Waals surface area contributed by atoms with Crippen LogP contribution >= 0.6 is 0 Å². The predicted octanol–water partition coefficient (Wildman–Crippen LogP) is 3.98. The molecule has 0 saturated carbocycles. The topological polar surface area (TPSA) is 18.5 Å². The second-order valence-electron chi connectivity index (χ2n) is 5.54. The van der Waals surface area contributed by atoms with E-state index < -0.39 is 0 Å². The first-order chi connectivity index (χ1) is 8.58. The average Bonchev–Trinajstić information content (AvgIpc) is 2.65. The van der Waals surface area contributed by atoms with Gasteiger partial charge in [0, 0.05) is 18.8 Å². The third kappa shape index (κ3) is 2.60. The second kappa shape index (κ2) is 5.41. The molecular weight excluding hydrogens is 224 g/mol. The van der Waals surface area contributed by atoms with Crippen LogP contribution in [-0.4, -0.2) is 13.2 Å². The van der Waals surface area contributed by atoms with Crippen LogP contribution in [0.25, 0.3) is 0 Å². The fourth-order valence-electron chi connectivity index (χ4n) is 2.75. The van der Waals surface area contributed by atoms with Crippen LogP contribution in [0, 0.1) is 0 Å². The number of rotatable bonds is 5. The van der Waals surface area contributed by atoms with Crippen LogP contribution in [0.5, 0.6) is 0 Å². The van der Waals surface area contributed by atoms with Gasteiger partial charge in [-0.25, -0.2) is 0 Å². The Morgan fingerprint density at radius 1 is 1.17 bits per heavy atom. The highest BCUT2D eigenvalue weighted by Gasteiger charge is 2.30. The molecule has 0 aliphatic heterocycles. The summed E-state index contributed by atoms with van der Waals surface area (Å²) in [5, 5.41) is 0. The Morgan fingerprint density at radius 2 is 1.83 bits per heavy atom. The van der Waals surface area contributed by atoms with Crippen molar-refractivity contribution >= 4 is 0 Å². The molecule has 0 heterocycles. The molecule has 1 aliphatic carbocycles. The van der Waals surface area contributed by atoms with E-state index in [0.717, 1.165) is 5.56 Å². The highest BCUT2D eigenvalue weighted by atomic mass is 16.7. The van der Waals surface area contributed by atoms with E-state index in [1.807, 2.05) is 13.8 Å². The summed E-state index contributed by atoms with van der Waals surface area (Å²) in [6.07, 6.45) is 2.19. The van der Waals surface area contributed by atoms with Gasteiger partial charge < -0.3 is 9.47 Å². The Hall–Kier alpha value is -0.860. The van der Waals surface area contributed by atoms with Gasteiger partial charge >= 0.3 is 0 Å². The maximum Gasteiger partial charge on any atom is 0.183 e. The second-order valence-corrected chi connectivity index (χ2v) is 5.54. The summed E-state index contributed by atoms with van der Waals surface area (Å²) >= 11 is 0. The van der Waals surface area contributed by atoms with E-state index in [1.54, 1.807) is 0 Å². The molecule has 2 rings (SSSR count). The van der Waals surface area contributed by atoms with Gasteiger partial charge in [-0.05, 0) is 43.2 Å². The number of ether oxygens (including phenoxy) is 2. The number of hydrogen-bond acceptors (Lipinski definition) is 2. The van der Waals surface area contributed by atoms with Gasteiger partial charge in [-0.3, -0.25) is 0 Å². The van der Waals surface area contributed by atoms with Gasteiger partial charge in [-0.15, -0.1) is 0 Å². The van der Waals surface area contributed by atoms with Crippen LogP contribution in [-0.2, 0) is 21.3 Å². The van der Waals surface area contributed by atoms with Gasteiger partial charge in [0.2, 0.25) is 0 Å². The van der Waals surface area contributed by atoms with Crippen molar-refractivity contribution in [2.45, 2.75) is 52.2 Å². The minimum atomic E-state index is -0.214. The van der Waals surface area contributed by atoms with Crippen molar-refractivity contribution in [3.63, 3.8) is 0 Å².